The van der Waals surface area contributed by atoms with Crippen LogP contribution in [0.25, 0.3) is 11.3 Å². The summed E-state index contributed by atoms with van der Waals surface area (Å²) < 4.78 is 16.4. The number of benzene rings is 1. The summed E-state index contributed by atoms with van der Waals surface area (Å²) in [6.45, 7) is 9.40. The minimum absolute atomic E-state index is 0.122. The van der Waals surface area contributed by atoms with Gasteiger partial charge in [0.05, 0.1) is 17.4 Å². The summed E-state index contributed by atoms with van der Waals surface area (Å²) in [5.74, 6) is 0.866. The molecular formula is C28H35FN6. The summed E-state index contributed by atoms with van der Waals surface area (Å²) in [5.41, 5.74) is 6.20. The van der Waals surface area contributed by atoms with E-state index in [9.17, 15) is 4.39 Å². The topological polar surface area (TPSA) is 39.9 Å². The molecule has 6 nitrogen and oxygen atoms in total. The molecule has 35 heavy (non-hydrogen) atoms. The fourth-order valence-electron chi connectivity index (χ4n) is 5.83. The third-order valence-corrected chi connectivity index (χ3v) is 7.93. The molecule has 3 aliphatic rings. The van der Waals surface area contributed by atoms with Gasteiger partial charge in [-0.25, -0.2) is 13.9 Å². The summed E-state index contributed by atoms with van der Waals surface area (Å²) in [6, 6.07) is 9.74. The number of aryl methyl sites for hydroxylation is 1. The summed E-state index contributed by atoms with van der Waals surface area (Å²) in [4.78, 5) is 12.1. The van der Waals surface area contributed by atoms with Crippen LogP contribution in [0.15, 0.2) is 36.9 Å². The van der Waals surface area contributed by atoms with Crippen LogP contribution in [-0.2, 0) is 13.0 Å². The molecule has 0 aliphatic carbocycles. The number of halogens is 1. The lowest BCUT2D eigenvalue weighted by atomic mass is 9.94. The van der Waals surface area contributed by atoms with Crippen molar-refractivity contribution in [3.05, 3.63) is 65.2 Å². The Balaban J connectivity index is 1.46. The summed E-state index contributed by atoms with van der Waals surface area (Å²) in [5, 5.41) is 5.13. The zero-order valence-corrected chi connectivity index (χ0v) is 20.7. The van der Waals surface area contributed by atoms with Crippen LogP contribution in [0.3, 0.4) is 0 Å². The van der Waals surface area contributed by atoms with E-state index in [0.717, 1.165) is 99.7 Å². The van der Waals surface area contributed by atoms with Gasteiger partial charge in [-0.15, -0.1) is 0 Å². The number of nitrogens with zero attached hydrogens (tertiary/aromatic N) is 6. The number of aromatic nitrogens is 3. The van der Waals surface area contributed by atoms with Gasteiger partial charge in [0, 0.05) is 49.6 Å². The molecule has 2 fully saturated rings. The van der Waals surface area contributed by atoms with Crippen LogP contribution in [-0.4, -0.2) is 57.6 Å². The number of hydrogen-bond acceptors (Lipinski definition) is 5. The summed E-state index contributed by atoms with van der Waals surface area (Å²) in [7, 11) is 2.19. The minimum atomic E-state index is -0.198. The zero-order valence-electron chi connectivity index (χ0n) is 20.7. The molecule has 7 heteroatoms. The van der Waals surface area contributed by atoms with E-state index in [2.05, 4.69) is 45.0 Å². The van der Waals surface area contributed by atoms with Crippen LogP contribution in [0, 0.1) is 5.82 Å². The van der Waals surface area contributed by atoms with Crippen molar-refractivity contribution in [1.29, 1.82) is 0 Å². The standard InChI is InChI=1S/C28H35FN6/c1-20-24-16-22(29)11-10-21(24)8-3-5-12-32(2)19-23-17-27(33-13-7-14-33)30-28-18-25(31-35(23)28)26-9-4-6-15-34(20)26/h10-11,16-18,26H,1,3-9,12-15,19H2,2H3. The number of rotatable bonds is 1. The summed E-state index contributed by atoms with van der Waals surface area (Å²) >= 11 is 0. The fraction of sp³-hybridized carbons (Fsp3) is 0.500. The van der Waals surface area contributed by atoms with Gasteiger partial charge >= 0.3 is 0 Å². The average Bonchev–Trinajstić information content (AvgIpc) is 3.25. The van der Waals surface area contributed by atoms with Gasteiger partial charge in [-0.2, -0.15) is 5.10 Å². The van der Waals surface area contributed by atoms with Crippen molar-refractivity contribution in [3.8, 4) is 0 Å². The van der Waals surface area contributed by atoms with E-state index in [1.54, 1.807) is 12.1 Å². The highest BCUT2D eigenvalue weighted by molar-refractivity contribution is 5.66. The lowest BCUT2D eigenvalue weighted by molar-refractivity contribution is 0.226. The molecule has 0 radical (unpaired) electrons. The smallest absolute Gasteiger partial charge is 0.158 e. The average molecular weight is 475 g/mol. The van der Waals surface area contributed by atoms with Crippen molar-refractivity contribution in [1.82, 2.24) is 24.4 Å². The predicted octanol–water partition coefficient (Wildman–Crippen LogP) is 5.04. The van der Waals surface area contributed by atoms with Gasteiger partial charge in [-0.3, -0.25) is 0 Å². The van der Waals surface area contributed by atoms with Crippen molar-refractivity contribution in [3.63, 3.8) is 0 Å². The van der Waals surface area contributed by atoms with Crippen LogP contribution < -0.4 is 4.90 Å². The molecule has 2 saturated heterocycles. The van der Waals surface area contributed by atoms with E-state index in [0.29, 0.717) is 0 Å². The van der Waals surface area contributed by atoms with Crippen LogP contribution in [0.4, 0.5) is 10.2 Å². The second kappa shape index (κ2) is 9.26. The third kappa shape index (κ3) is 4.31. The van der Waals surface area contributed by atoms with Gasteiger partial charge < -0.3 is 14.7 Å². The highest BCUT2D eigenvalue weighted by atomic mass is 19.1. The maximum atomic E-state index is 14.4. The Hall–Kier alpha value is -2.93. The van der Waals surface area contributed by atoms with E-state index in [-0.39, 0.29) is 11.9 Å². The molecule has 2 aromatic heterocycles. The van der Waals surface area contributed by atoms with E-state index in [1.807, 2.05) is 6.07 Å². The van der Waals surface area contributed by atoms with Gasteiger partial charge in [0.2, 0.25) is 0 Å². The quantitative estimate of drug-likeness (QED) is 0.494. The molecule has 1 aromatic carbocycles. The molecule has 6 rings (SSSR count). The second-order valence-corrected chi connectivity index (χ2v) is 10.4. The molecule has 3 aliphatic heterocycles. The van der Waals surface area contributed by atoms with Gasteiger partial charge in [0.15, 0.2) is 5.65 Å². The first-order valence-corrected chi connectivity index (χ1v) is 13.1. The molecule has 184 valence electrons. The molecule has 1 unspecified atom stereocenters. The largest absolute Gasteiger partial charge is 0.363 e. The van der Waals surface area contributed by atoms with Crippen molar-refractivity contribution in [2.24, 2.45) is 0 Å². The van der Waals surface area contributed by atoms with Crippen molar-refractivity contribution < 1.29 is 4.39 Å². The zero-order chi connectivity index (χ0) is 23.9. The first kappa shape index (κ1) is 22.5. The highest BCUT2D eigenvalue weighted by Crippen LogP contribution is 2.38. The lowest BCUT2D eigenvalue weighted by Crippen LogP contribution is -2.38. The lowest BCUT2D eigenvalue weighted by Gasteiger charge is -2.38. The first-order chi connectivity index (χ1) is 17.1. The van der Waals surface area contributed by atoms with Gasteiger partial charge in [-0.1, -0.05) is 12.6 Å². The maximum absolute atomic E-state index is 14.4. The second-order valence-electron chi connectivity index (χ2n) is 10.4. The van der Waals surface area contributed by atoms with Crippen LogP contribution >= 0.6 is 0 Å². The monoisotopic (exact) mass is 474 g/mol. The molecule has 0 N–H and O–H groups in total. The highest BCUT2D eigenvalue weighted by Gasteiger charge is 2.30. The Kier molecular flexibility index (Phi) is 5.96. The van der Waals surface area contributed by atoms with Crippen LogP contribution in [0.2, 0.25) is 0 Å². The van der Waals surface area contributed by atoms with Crippen LogP contribution in [0.5, 0.6) is 0 Å². The van der Waals surface area contributed by atoms with Gasteiger partial charge in [0.25, 0.3) is 0 Å². The normalized spacial score (nSPS) is 21.9. The predicted molar refractivity (Wildman–Crippen MR) is 138 cm³/mol. The Morgan fingerprint density at radius 2 is 1.83 bits per heavy atom. The Bertz CT molecular complexity index is 1250. The molecule has 1 atom stereocenters. The molecule has 0 saturated carbocycles. The van der Waals surface area contributed by atoms with Crippen molar-refractivity contribution in [2.75, 3.05) is 38.1 Å². The molecular weight excluding hydrogens is 439 g/mol. The number of hydrogen-bond donors (Lipinski definition) is 0. The van der Waals surface area contributed by atoms with E-state index in [4.69, 9.17) is 10.1 Å². The van der Waals surface area contributed by atoms with Gasteiger partial charge in [0.1, 0.15) is 11.6 Å². The number of fused-ring (bicyclic) bond motifs is 4. The van der Waals surface area contributed by atoms with Crippen LogP contribution in [0.1, 0.15) is 67.1 Å². The molecule has 0 amide bonds. The SMILES string of the molecule is C=C1c2cc(F)ccc2CCCCN(C)Cc2cc(N3CCC3)nc3cc(nn23)C2CCCCN12. The Labute approximate surface area is 207 Å². The van der Waals surface area contributed by atoms with Gasteiger partial charge in [-0.05, 0) is 76.2 Å². The fourth-order valence-corrected chi connectivity index (χ4v) is 5.83. The van der Waals surface area contributed by atoms with Crippen molar-refractivity contribution in [2.45, 2.75) is 57.5 Å². The van der Waals surface area contributed by atoms with E-state index >= 15 is 0 Å². The molecule has 3 aromatic rings. The minimum Gasteiger partial charge on any atom is -0.363 e. The Morgan fingerprint density at radius 3 is 2.66 bits per heavy atom. The molecule has 5 heterocycles. The third-order valence-electron chi connectivity index (χ3n) is 7.93. The molecule has 0 spiro atoms. The van der Waals surface area contributed by atoms with Crippen molar-refractivity contribution >= 4 is 17.2 Å². The Morgan fingerprint density at radius 1 is 0.971 bits per heavy atom. The maximum Gasteiger partial charge on any atom is 0.158 e. The number of piperidine rings is 1. The van der Waals surface area contributed by atoms with E-state index in [1.165, 1.54) is 17.7 Å². The number of anilines is 1. The first-order valence-electron chi connectivity index (χ1n) is 13.1. The summed E-state index contributed by atoms with van der Waals surface area (Å²) in [6.07, 6.45) is 7.60. The molecule has 2 bridgehead atoms. The van der Waals surface area contributed by atoms with E-state index < -0.39 is 0 Å².